The molecule has 0 spiro atoms. The summed E-state index contributed by atoms with van der Waals surface area (Å²) < 4.78 is 16.0. The Hall–Kier alpha value is -2.73. The summed E-state index contributed by atoms with van der Waals surface area (Å²) in [6, 6.07) is 15.8. The second-order valence-electron chi connectivity index (χ2n) is 8.48. The molecule has 0 radical (unpaired) electrons. The van der Waals surface area contributed by atoms with Crippen LogP contribution in [0.2, 0.25) is 0 Å². The molecule has 170 valence electrons. The minimum atomic E-state index is -0.519. The molecular formula is C25H36N2O4. The van der Waals surface area contributed by atoms with E-state index in [1.807, 2.05) is 57.2 Å². The lowest BCUT2D eigenvalue weighted by atomic mass is 10.2. The van der Waals surface area contributed by atoms with Crippen molar-refractivity contribution in [3.63, 3.8) is 0 Å². The van der Waals surface area contributed by atoms with Gasteiger partial charge in [0, 0.05) is 19.6 Å². The van der Waals surface area contributed by atoms with Crippen LogP contribution in [0.3, 0.4) is 0 Å². The summed E-state index contributed by atoms with van der Waals surface area (Å²) in [6.45, 7) is 8.52. The molecule has 1 N–H and O–H groups in total. The van der Waals surface area contributed by atoms with Gasteiger partial charge in [-0.2, -0.15) is 0 Å². The van der Waals surface area contributed by atoms with Crippen LogP contribution in [0.25, 0.3) is 0 Å². The smallest absolute Gasteiger partial charge is 0.410 e. The number of unbranched alkanes of at least 4 members (excludes halogenated alkanes) is 1. The lowest BCUT2D eigenvalue weighted by Gasteiger charge is -2.27. The molecule has 1 amide bonds. The van der Waals surface area contributed by atoms with E-state index < -0.39 is 5.60 Å². The van der Waals surface area contributed by atoms with Gasteiger partial charge >= 0.3 is 6.09 Å². The molecule has 0 unspecified atom stereocenters. The van der Waals surface area contributed by atoms with Gasteiger partial charge in [-0.15, -0.1) is 0 Å². The fourth-order valence-corrected chi connectivity index (χ4v) is 3.04. The van der Waals surface area contributed by atoms with Gasteiger partial charge in [0.25, 0.3) is 0 Å². The predicted octanol–water partition coefficient (Wildman–Crippen LogP) is 5.01. The third-order valence-corrected chi connectivity index (χ3v) is 4.70. The van der Waals surface area contributed by atoms with Crippen molar-refractivity contribution >= 4 is 6.09 Å². The van der Waals surface area contributed by atoms with Crippen molar-refractivity contribution in [1.29, 1.82) is 0 Å². The molecule has 0 atom stereocenters. The fraction of sp³-hybridized carbons (Fsp3) is 0.480. The molecule has 2 rings (SSSR count). The Morgan fingerprint density at radius 3 is 1.94 bits per heavy atom. The van der Waals surface area contributed by atoms with Gasteiger partial charge in [-0.1, -0.05) is 24.3 Å². The average molecular weight is 429 g/mol. The summed E-state index contributed by atoms with van der Waals surface area (Å²) in [4.78, 5) is 14.5. The predicted molar refractivity (Wildman–Crippen MR) is 124 cm³/mol. The van der Waals surface area contributed by atoms with Crippen molar-refractivity contribution in [2.24, 2.45) is 0 Å². The second kappa shape index (κ2) is 12.2. The van der Waals surface area contributed by atoms with Gasteiger partial charge in [-0.25, -0.2) is 4.79 Å². The van der Waals surface area contributed by atoms with Crippen molar-refractivity contribution < 1.29 is 19.0 Å². The standard InChI is InChI=1S/C25H36N2O4/c1-25(2,3)31-24(28)27(19-21-10-14-23(30-5)15-11-21)17-7-6-16-26-18-20-8-12-22(29-4)13-9-20/h8-15,26H,6-7,16-19H2,1-5H3. The summed E-state index contributed by atoms with van der Waals surface area (Å²) in [5.74, 6) is 1.67. The van der Waals surface area contributed by atoms with Crippen LogP contribution in [-0.4, -0.2) is 43.9 Å². The maximum Gasteiger partial charge on any atom is 0.410 e. The molecule has 0 aromatic heterocycles. The maximum atomic E-state index is 12.7. The molecule has 31 heavy (non-hydrogen) atoms. The molecule has 0 saturated heterocycles. The number of nitrogens with one attached hydrogen (secondary N) is 1. The SMILES string of the molecule is COc1ccc(CNCCCCN(Cc2ccc(OC)cc2)C(=O)OC(C)(C)C)cc1. The minimum Gasteiger partial charge on any atom is -0.497 e. The average Bonchev–Trinajstić information content (AvgIpc) is 2.75. The van der Waals surface area contributed by atoms with Gasteiger partial charge in [-0.3, -0.25) is 0 Å². The van der Waals surface area contributed by atoms with Crippen LogP contribution in [0.5, 0.6) is 11.5 Å². The summed E-state index contributed by atoms with van der Waals surface area (Å²) in [5, 5.41) is 3.45. The van der Waals surface area contributed by atoms with E-state index in [0.717, 1.165) is 43.0 Å². The topological polar surface area (TPSA) is 60.0 Å². The van der Waals surface area contributed by atoms with Crippen molar-refractivity contribution in [2.45, 2.75) is 52.3 Å². The molecule has 6 heteroatoms. The molecule has 0 saturated carbocycles. The van der Waals surface area contributed by atoms with Crippen molar-refractivity contribution in [2.75, 3.05) is 27.3 Å². The summed E-state index contributed by atoms with van der Waals surface area (Å²) in [6.07, 6.45) is 1.58. The maximum absolute atomic E-state index is 12.7. The lowest BCUT2D eigenvalue weighted by molar-refractivity contribution is 0.0230. The molecule has 2 aromatic carbocycles. The van der Waals surface area contributed by atoms with Crippen molar-refractivity contribution in [1.82, 2.24) is 10.2 Å². The van der Waals surface area contributed by atoms with Crippen LogP contribution >= 0.6 is 0 Å². The number of ether oxygens (including phenoxy) is 3. The normalized spacial score (nSPS) is 11.1. The Bertz CT molecular complexity index is 783. The number of methoxy groups -OCH3 is 2. The highest BCUT2D eigenvalue weighted by molar-refractivity contribution is 5.68. The minimum absolute atomic E-state index is 0.283. The molecule has 0 fully saturated rings. The first-order valence-corrected chi connectivity index (χ1v) is 10.8. The number of hydrogen-bond donors (Lipinski definition) is 1. The third-order valence-electron chi connectivity index (χ3n) is 4.70. The number of rotatable bonds is 11. The Morgan fingerprint density at radius 2 is 1.42 bits per heavy atom. The molecule has 0 aliphatic carbocycles. The first kappa shape index (κ1) is 24.5. The quantitative estimate of drug-likeness (QED) is 0.510. The number of nitrogens with zero attached hydrogens (tertiary/aromatic N) is 1. The van der Waals surface area contributed by atoms with Crippen LogP contribution in [0.4, 0.5) is 4.79 Å². The van der Waals surface area contributed by atoms with E-state index in [2.05, 4.69) is 17.4 Å². The van der Waals surface area contributed by atoms with E-state index >= 15 is 0 Å². The number of hydrogen-bond acceptors (Lipinski definition) is 5. The zero-order chi connectivity index (χ0) is 22.7. The van der Waals surface area contributed by atoms with E-state index in [1.165, 1.54) is 5.56 Å². The van der Waals surface area contributed by atoms with Gasteiger partial charge in [-0.05, 0) is 75.5 Å². The number of carbonyl (C=O) groups excluding carboxylic acids is 1. The zero-order valence-corrected chi connectivity index (χ0v) is 19.4. The summed E-state index contributed by atoms with van der Waals surface area (Å²) >= 11 is 0. The largest absolute Gasteiger partial charge is 0.497 e. The summed E-state index contributed by atoms with van der Waals surface area (Å²) in [5.41, 5.74) is 1.75. The van der Waals surface area contributed by atoms with E-state index in [-0.39, 0.29) is 6.09 Å². The Kier molecular flexibility index (Phi) is 9.66. The summed E-state index contributed by atoms with van der Waals surface area (Å²) in [7, 11) is 3.31. The Morgan fingerprint density at radius 1 is 0.871 bits per heavy atom. The monoisotopic (exact) mass is 428 g/mol. The van der Waals surface area contributed by atoms with E-state index in [9.17, 15) is 4.79 Å². The van der Waals surface area contributed by atoms with Gasteiger partial charge < -0.3 is 24.4 Å². The molecule has 0 aliphatic heterocycles. The Labute approximate surface area is 186 Å². The highest BCUT2D eigenvalue weighted by Gasteiger charge is 2.22. The zero-order valence-electron chi connectivity index (χ0n) is 19.4. The number of carbonyl (C=O) groups is 1. The van der Waals surface area contributed by atoms with Crippen LogP contribution in [0.15, 0.2) is 48.5 Å². The molecule has 6 nitrogen and oxygen atoms in total. The van der Waals surface area contributed by atoms with E-state index in [1.54, 1.807) is 19.1 Å². The number of benzene rings is 2. The highest BCUT2D eigenvalue weighted by Crippen LogP contribution is 2.16. The highest BCUT2D eigenvalue weighted by atomic mass is 16.6. The van der Waals surface area contributed by atoms with Gasteiger partial charge in [0.2, 0.25) is 0 Å². The molecule has 2 aromatic rings. The van der Waals surface area contributed by atoms with Crippen molar-refractivity contribution in [3.8, 4) is 11.5 Å². The van der Waals surface area contributed by atoms with Crippen LogP contribution < -0.4 is 14.8 Å². The van der Waals surface area contributed by atoms with Crippen LogP contribution in [-0.2, 0) is 17.8 Å². The van der Waals surface area contributed by atoms with Gasteiger partial charge in [0.15, 0.2) is 0 Å². The van der Waals surface area contributed by atoms with Crippen LogP contribution in [0.1, 0.15) is 44.7 Å². The van der Waals surface area contributed by atoms with Gasteiger partial charge in [0.05, 0.1) is 14.2 Å². The second-order valence-corrected chi connectivity index (χ2v) is 8.48. The Balaban J connectivity index is 1.81. The lowest BCUT2D eigenvalue weighted by Crippen LogP contribution is -2.37. The van der Waals surface area contributed by atoms with Gasteiger partial charge in [0.1, 0.15) is 17.1 Å². The fourth-order valence-electron chi connectivity index (χ4n) is 3.04. The van der Waals surface area contributed by atoms with E-state index in [4.69, 9.17) is 14.2 Å². The third kappa shape index (κ3) is 9.30. The van der Waals surface area contributed by atoms with Crippen LogP contribution in [0, 0.1) is 0 Å². The van der Waals surface area contributed by atoms with E-state index in [0.29, 0.717) is 13.1 Å². The molecular weight excluding hydrogens is 392 g/mol. The van der Waals surface area contributed by atoms with Crippen molar-refractivity contribution in [3.05, 3.63) is 59.7 Å². The molecule has 0 heterocycles. The molecule has 0 aliphatic rings. The first-order valence-electron chi connectivity index (χ1n) is 10.8. The number of amides is 1. The molecule has 0 bridgehead atoms. The first-order chi connectivity index (χ1) is 14.8.